The molecule has 1 fully saturated rings. The quantitative estimate of drug-likeness (QED) is 0.0726. The molecule has 3 unspecified atom stereocenters. The number of pyridine rings is 1. The summed E-state index contributed by atoms with van der Waals surface area (Å²) in [7, 11) is 0.257. The molecule has 1 aromatic heterocycles. The smallest absolute Gasteiger partial charge is 0.308 e. The van der Waals surface area contributed by atoms with Crippen LogP contribution in [0.1, 0.15) is 92.8 Å². The van der Waals surface area contributed by atoms with Crippen molar-refractivity contribution in [1.82, 2.24) is 30.6 Å². The van der Waals surface area contributed by atoms with Crippen molar-refractivity contribution in [3.05, 3.63) is 89.5 Å². The van der Waals surface area contributed by atoms with Crippen molar-refractivity contribution < 1.29 is 51.9 Å². The van der Waals surface area contributed by atoms with Crippen molar-refractivity contribution in [2.45, 2.75) is 124 Å². The SMILES string of the molecule is CC(C)(C)OC(=O)CC(/C=C/S(=O)N1COC1)NC(=O)CNC=O.CCC.CN[C@@H](CC(=O)OC(C)(C)C)C(=O)NC(C)Cc1ccc2ccccc2n1.O=COCc1ccccc1. The lowest BCUT2D eigenvalue weighted by molar-refractivity contribution is -0.157. The minimum Gasteiger partial charge on any atom is -0.463 e. The minimum atomic E-state index is -1.40. The van der Waals surface area contributed by atoms with Crippen LogP contribution in [-0.2, 0) is 71.7 Å². The first kappa shape index (κ1) is 56.5. The molecule has 2 aromatic carbocycles. The summed E-state index contributed by atoms with van der Waals surface area (Å²) in [6.07, 6.45) is 3.60. The molecule has 1 saturated heterocycles. The van der Waals surface area contributed by atoms with Crippen molar-refractivity contribution in [3.63, 3.8) is 0 Å². The molecule has 0 saturated carbocycles. The van der Waals surface area contributed by atoms with E-state index in [9.17, 15) is 33.0 Å². The van der Waals surface area contributed by atoms with Crippen LogP contribution in [0.5, 0.6) is 0 Å². The summed E-state index contributed by atoms with van der Waals surface area (Å²) in [5.74, 6) is -1.60. The molecule has 4 rings (SSSR count). The van der Waals surface area contributed by atoms with Crippen LogP contribution in [0.3, 0.4) is 0 Å². The van der Waals surface area contributed by atoms with Gasteiger partial charge in [-0.05, 0) is 73.2 Å². The lowest BCUT2D eigenvalue weighted by Crippen LogP contribution is -2.48. The Morgan fingerprint density at radius 3 is 2.00 bits per heavy atom. The van der Waals surface area contributed by atoms with Gasteiger partial charge in [0.2, 0.25) is 18.2 Å². The van der Waals surface area contributed by atoms with E-state index in [1.54, 1.807) is 52.9 Å². The van der Waals surface area contributed by atoms with E-state index in [1.165, 1.54) is 17.9 Å². The zero-order chi connectivity index (χ0) is 48.1. The van der Waals surface area contributed by atoms with Gasteiger partial charge >= 0.3 is 11.9 Å². The molecule has 1 aliphatic heterocycles. The van der Waals surface area contributed by atoms with E-state index in [4.69, 9.17) is 14.2 Å². The number of carbonyl (C=O) groups is 6. The standard InChI is InChI=1S/C21H29N3O3.C14H23N3O6S.C8H8O2.C3H8/c1-14(12-16-11-10-15-8-6-7-9-17(15)24-16)23-20(26)18(22-5)13-19(25)27-21(2,3)4;1-14(2,3)23-13(20)6-11(16-12(19)7-15-8-18)4-5-24(21)17-9-22-10-17;9-7-10-6-8-4-2-1-3-5-8;1-3-2/h6-11,14,18,22H,12-13H2,1-5H3,(H,23,26);4-5,8,11H,6-7,9-10H2,1-3H3,(H,15,18)(H,16,19);1-5,7H,6H2;3H2,1-2H3/b;5-4+;;/t14?,18-;;;/m0.../s1. The van der Waals surface area contributed by atoms with Crippen LogP contribution in [0.2, 0.25) is 0 Å². The second-order valence-corrected chi connectivity index (χ2v) is 17.7. The van der Waals surface area contributed by atoms with Gasteiger partial charge in [-0.3, -0.25) is 33.8 Å². The molecule has 64 heavy (non-hydrogen) atoms. The van der Waals surface area contributed by atoms with Crippen molar-refractivity contribution >= 4 is 58.5 Å². The fraction of sp³-hybridized carbons (Fsp3) is 0.500. The molecule has 2 heterocycles. The number of ether oxygens (including phenoxy) is 4. The lowest BCUT2D eigenvalue weighted by atomic mass is 10.1. The van der Waals surface area contributed by atoms with Crippen LogP contribution >= 0.6 is 0 Å². The van der Waals surface area contributed by atoms with Crippen molar-refractivity contribution in [2.24, 2.45) is 0 Å². The second kappa shape index (κ2) is 30.5. The highest BCUT2D eigenvalue weighted by atomic mass is 32.2. The Bertz CT molecular complexity index is 1930. The van der Waals surface area contributed by atoms with Crippen LogP contribution in [0.15, 0.2) is 78.2 Å². The normalized spacial score (nSPS) is 14.1. The molecule has 18 heteroatoms. The molecule has 0 spiro atoms. The van der Waals surface area contributed by atoms with Gasteiger partial charge < -0.3 is 40.2 Å². The Balaban J connectivity index is 0.000000504. The van der Waals surface area contributed by atoms with E-state index in [-0.39, 0.29) is 44.8 Å². The number of carbonyl (C=O) groups excluding carboxylic acids is 6. The maximum absolute atomic E-state index is 12.5. The molecule has 4 N–H and O–H groups in total. The van der Waals surface area contributed by atoms with Gasteiger partial charge in [-0.2, -0.15) is 4.31 Å². The first-order valence-corrected chi connectivity index (χ1v) is 22.1. The topological polar surface area (TPSA) is 221 Å². The van der Waals surface area contributed by atoms with E-state index in [2.05, 4.69) is 44.8 Å². The van der Waals surface area contributed by atoms with Gasteiger partial charge in [0.05, 0.1) is 37.0 Å². The van der Waals surface area contributed by atoms with Crippen molar-refractivity contribution in [2.75, 3.05) is 27.1 Å². The fourth-order valence-electron chi connectivity index (χ4n) is 5.15. The average Bonchev–Trinajstić information content (AvgIpc) is 3.19. The first-order valence-electron chi connectivity index (χ1n) is 21.0. The Morgan fingerprint density at radius 1 is 0.859 bits per heavy atom. The lowest BCUT2D eigenvalue weighted by Gasteiger charge is -2.27. The van der Waals surface area contributed by atoms with Crippen LogP contribution in [-0.4, -0.2) is 107 Å². The molecule has 4 atom stereocenters. The van der Waals surface area contributed by atoms with E-state index in [0.29, 0.717) is 25.9 Å². The monoisotopic (exact) mass is 912 g/mol. The number of hydrogen-bond acceptors (Lipinski definition) is 13. The van der Waals surface area contributed by atoms with Gasteiger partial charge in [-0.25, -0.2) is 4.21 Å². The number of hydrogen-bond donors (Lipinski definition) is 4. The van der Waals surface area contributed by atoms with Crippen LogP contribution in [0, 0.1) is 0 Å². The van der Waals surface area contributed by atoms with E-state index >= 15 is 0 Å². The van der Waals surface area contributed by atoms with Gasteiger partial charge in [0, 0.05) is 29.0 Å². The fourth-order valence-corrected chi connectivity index (χ4v) is 6.00. The third-order valence-electron chi connectivity index (χ3n) is 7.83. The van der Waals surface area contributed by atoms with Crippen molar-refractivity contribution in [3.8, 4) is 0 Å². The highest BCUT2D eigenvalue weighted by molar-refractivity contribution is 7.85. The van der Waals surface area contributed by atoms with E-state index in [0.717, 1.165) is 22.2 Å². The third kappa shape index (κ3) is 26.2. The summed E-state index contributed by atoms with van der Waals surface area (Å²) in [6, 6.07) is 20.0. The summed E-state index contributed by atoms with van der Waals surface area (Å²) in [5.41, 5.74) is 1.64. The molecule has 0 aliphatic carbocycles. The molecule has 354 valence electrons. The Morgan fingerprint density at radius 2 is 1.45 bits per heavy atom. The van der Waals surface area contributed by atoms with Crippen LogP contribution in [0.4, 0.5) is 0 Å². The highest BCUT2D eigenvalue weighted by Gasteiger charge is 2.26. The number of aromatic nitrogens is 1. The highest BCUT2D eigenvalue weighted by Crippen LogP contribution is 2.14. The molecule has 3 amide bonds. The van der Waals surface area contributed by atoms with Gasteiger partial charge in [0.15, 0.2) is 0 Å². The Kier molecular flexibility index (Phi) is 26.9. The zero-order valence-corrected chi connectivity index (χ0v) is 39.7. The molecule has 0 radical (unpaired) electrons. The summed E-state index contributed by atoms with van der Waals surface area (Å²) in [4.78, 5) is 72.7. The molecular formula is C46H68N6O11S. The molecule has 17 nitrogen and oxygen atoms in total. The first-order chi connectivity index (χ1) is 30.2. The van der Waals surface area contributed by atoms with Gasteiger partial charge in [0.1, 0.15) is 42.3 Å². The summed E-state index contributed by atoms with van der Waals surface area (Å²) < 4.78 is 33.4. The number of fused-ring (bicyclic) bond motifs is 1. The van der Waals surface area contributed by atoms with E-state index in [1.807, 2.05) is 73.7 Å². The third-order valence-corrected chi connectivity index (χ3v) is 8.94. The maximum atomic E-state index is 12.5. The number of rotatable bonds is 19. The molecular weight excluding hydrogens is 845 g/mol. The van der Waals surface area contributed by atoms with E-state index < -0.39 is 52.1 Å². The zero-order valence-electron chi connectivity index (χ0n) is 38.8. The maximum Gasteiger partial charge on any atom is 0.308 e. The Labute approximate surface area is 380 Å². The van der Waals surface area contributed by atoms with Gasteiger partial charge in [-0.15, -0.1) is 0 Å². The largest absolute Gasteiger partial charge is 0.463 e. The van der Waals surface area contributed by atoms with Crippen molar-refractivity contribution in [1.29, 1.82) is 0 Å². The van der Waals surface area contributed by atoms with Gasteiger partial charge in [-0.1, -0.05) is 80.9 Å². The predicted octanol–water partition coefficient (Wildman–Crippen LogP) is 4.75. The molecule has 3 aromatic rings. The number of benzene rings is 2. The number of amides is 3. The van der Waals surface area contributed by atoms with Gasteiger partial charge in [0.25, 0.3) is 6.47 Å². The van der Waals surface area contributed by atoms with Crippen LogP contribution < -0.4 is 21.3 Å². The predicted molar refractivity (Wildman–Crippen MR) is 246 cm³/mol. The number of nitrogens with zero attached hydrogens (tertiary/aromatic N) is 2. The Hall–Kier alpha value is -5.56. The number of nitrogens with one attached hydrogen (secondary N) is 4. The second-order valence-electron chi connectivity index (χ2n) is 16.4. The number of esters is 2. The number of para-hydroxylation sites is 1. The molecule has 0 bridgehead atoms. The summed E-state index contributed by atoms with van der Waals surface area (Å²) >= 11 is 0. The summed E-state index contributed by atoms with van der Waals surface area (Å²) in [5, 5.41) is 13.1. The minimum absolute atomic E-state index is 0.0133. The average molecular weight is 913 g/mol. The number of likely N-dealkylation sites (N-methyl/N-ethyl adjacent to an activating group) is 1. The summed E-state index contributed by atoms with van der Waals surface area (Å²) in [6.45, 7) is 17.9. The molecule has 1 aliphatic rings. The van der Waals surface area contributed by atoms with Crippen LogP contribution in [0.25, 0.3) is 10.9 Å².